The van der Waals surface area contributed by atoms with E-state index in [1.54, 1.807) is 18.0 Å². The van der Waals surface area contributed by atoms with Gasteiger partial charge in [0.15, 0.2) is 5.82 Å². The Bertz CT molecular complexity index is 589. The number of carbonyl (C=O) groups is 2. The first-order valence-electron chi connectivity index (χ1n) is 5.96. The summed E-state index contributed by atoms with van der Waals surface area (Å²) in [6, 6.07) is 1.60. The van der Waals surface area contributed by atoms with Gasteiger partial charge in [-0.15, -0.1) is 13.2 Å². The van der Waals surface area contributed by atoms with Crippen molar-refractivity contribution in [3.8, 4) is 0 Å². The summed E-state index contributed by atoms with van der Waals surface area (Å²) in [5, 5.41) is 13.2. The summed E-state index contributed by atoms with van der Waals surface area (Å²) in [7, 11) is 1.67. The van der Waals surface area contributed by atoms with E-state index in [1.165, 1.54) is 4.68 Å². The minimum atomic E-state index is -0.360. The van der Waals surface area contributed by atoms with Gasteiger partial charge in [0.2, 0.25) is 11.8 Å². The molecule has 0 atom stereocenters. The Morgan fingerprint density at radius 3 is 2.55 bits per heavy atom. The average molecular weight is 314 g/mol. The van der Waals surface area contributed by atoms with Crippen molar-refractivity contribution >= 4 is 35.5 Å². The number of amidine groups is 1. The number of nitrogens with one attached hydrogen (secondary N) is 2. The minimum absolute atomic E-state index is 0. The molecule has 0 bridgehead atoms. The maximum Gasteiger partial charge on any atom is 0.246 e. The number of nitrogens with zero attached hydrogens (tertiary/aromatic N) is 4. The number of rotatable bonds is 3. The second-order valence-corrected chi connectivity index (χ2v) is 3.99. The molecule has 2 heterocycles. The van der Waals surface area contributed by atoms with Crippen LogP contribution in [0.25, 0.3) is 0 Å². The first-order valence-corrected chi connectivity index (χ1v) is 5.96. The molecule has 10 heteroatoms. The molecule has 0 aliphatic carbocycles. The molecule has 22 heavy (non-hydrogen) atoms. The van der Waals surface area contributed by atoms with E-state index < -0.39 is 0 Å². The van der Waals surface area contributed by atoms with Crippen LogP contribution in [0.5, 0.6) is 0 Å². The number of hydrogen-bond donors (Lipinski definition) is 4. The third-order valence-corrected chi connectivity index (χ3v) is 2.51. The van der Waals surface area contributed by atoms with E-state index in [0.717, 1.165) is 6.21 Å². The molecule has 1 saturated heterocycles. The number of anilines is 1. The highest BCUT2D eigenvalue weighted by atomic mass is 16.2. The Hall–Kier alpha value is -3.01. The van der Waals surface area contributed by atoms with Gasteiger partial charge >= 0.3 is 0 Å². The molecule has 1 aromatic heterocycles. The molecule has 0 unspecified atom stereocenters. The normalized spacial score (nSPS) is 14.4. The number of aryl methyl sites for hydroxylation is 1. The number of amides is 2. The molecule has 0 spiro atoms. The molecule has 0 aromatic carbocycles. The lowest BCUT2D eigenvalue weighted by atomic mass is 10.3. The van der Waals surface area contributed by atoms with Crippen LogP contribution in [0.15, 0.2) is 24.2 Å². The van der Waals surface area contributed by atoms with Gasteiger partial charge in [-0.05, 0) is 0 Å². The summed E-state index contributed by atoms with van der Waals surface area (Å²) in [6.07, 6.45) is 0.909. The van der Waals surface area contributed by atoms with Crippen LogP contribution < -0.4 is 22.1 Å². The Labute approximate surface area is 132 Å². The monoisotopic (exact) mass is 314 g/mol. The van der Waals surface area contributed by atoms with Crippen molar-refractivity contribution in [2.45, 2.75) is 0 Å². The molecule has 1 aliphatic heterocycles. The van der Waals surface area contributed by atoms with Crippen LogP contribution in [-0.2, 0) is 16.6 Å². The summed E-state index contributed by atoms with van der Waals surface area (Å²) in [4.78, 5) is 28.1. The predicted octanol–water partition coefficient (Wildman–Crippen LogP) is 0.223. The number of aliphatic imine (C=N–C) groups is 1. The van der Waals surface area contributed by atoms with E-state index in [1.807, 2.05) is 0 Å². The van der Waals surface area contributed by atoms with Crippen molar-refractivity contribution in [3.63, 3.8) is 0 Å². The number of nitrogens with two attached hydrogens (primary N) is 1. The second kappa shape index (κ2) is 8.32. The van der Waals surface area contributed by atoms with Crippen molar-refractivity contribution in [1.82, 2.24) is 21.2 Å². The van der Waals surface area contributed by atoms with E-state index in [-0.39, 0.29) is 41.2 Å². The van der Waals surface area contributed by atoms with Crippen LogP contribution in [0.3, 0.4) is 0 Å². The fourth-order valence-corrected chi connectivity index (χ4v) is 1.76. The standard InChI is InChI=1S/C10H13N7O2.C2H4.H3N.3H2/c1-16-10(2-7(15-16)13-6(12)3-11)17-4-8(18)14-9(19)5-17;1-2;;;;/h2-3,11H,4-5H2,1H3,(H2,12,13,15)(H,14,18,19);1-2H2;1H3;3*1H. The van der Waals surface area contributed by atoms with Gasteiger partial charge in [-0.2, -0.15) is 5.10 Å². The maximum atomic E-state index is 11.3. The lowest BCUT2D eigenvalue weighted by Crippen LogP contribution is -2.52. The van der Waals surface area contributed by atoms with Gasteiger partial charge in [-0.25, -0.2) is 4.99 Å². The van der Waals surface area contributed by atoms with Gasteiger partial charge in [0.1, 0.15) is 11.7 Å². The van der Waals surface area contributed by atoms with Crippen LogP contribution in [-0.4, -0.2) is 46.7 Å². The highest BCUT2D eigenvalue weighted by Gasteiger charge is 2.25. The van der Waals surface area contributed by atoms with Gasteiger partial charge in [0, 0.05) is 17.4 Å². The quantitative estimate of drug-likeness (QED) is 0.270. The lowest BCUT2D eigenvalue weighted by molar-refractivity contribution is -0.130. The highest BCUT2D eigenvalue weighted by molar-refractivity contribution is 6.28. The molecule has 7 N–H and O–H groups in total. The number of hydrogen-bond acceptors (Lipinski definition) is 7. The molecule has 1 fully saturated rings. The van der Waals surface area contributed by atoms with Gasteiger partial charge < -0.3 is 22.2 Å². The van der Waals surface area contributed by atoms with Crippen LogP contribution in [0.4, 0.5) is 11.6 Å². The highest BCUT2D eigenvalue weighted by Crippen LogP contribution is 2.20. The zero-order chi connectivity index (χ0) is 16.0. The Kier molecular flexibility index (Phi) is 7.18. The first kappa shape index (κ1) is 19.0. The Morgan fingerprint density at radius 2 is 2.05 bits per heavy atom. The second-order valence-electron chi connectivity index (χ2n) is 3.99. The number of aromatic nitrogens is 2. The van der Waals surface area contributed by atoms with Crippen LogP contribution in [0, 0.1) is 5.41 Å². The molecular weight excluding hydrogens is 288 g/mol. The van der Waals surface area contributed by atoms with E-state index in [9.17, 15) is 9.59 Å². The summed E-state index contributed by atoms with van der Waals surface area (Å²) < 4.78 is 1.50. The molecule has 126 valence electrons. The maximum absolute atomic E-state index is 11.3. The van der Waals surface area contributed by atoms with Crippen molar-refractivity contribution in [2.75, 3.05) is 18.0 Å². The average Bonchev–Trinajstić information content (AvgIpc) is 2.80. The number of carbonyl (C=O) groups excluding carboxylic acids is 2. The molecule has 2 amide bonds. The fraction of sp³-hybridized carbons (Fsp3) is 0.250. The van der Waals surface area contributed by atoms with Crippen molar-refractivity contribution in [1.29, 1.82) is 5.41 Å². The third kappa shape index (κ3) is 4.52. The largest absolute Gasteiger partial charge is 0.382 e. The summed E-state index contributed by atoms with van der Waals surface area (Å²) >= 11 is 0. The molecule has 0 saturated carbocycles. The Morgan fingerprint density at radius 1 is 1.50 bits per heavy atom. The van der Waals surface area contributed by atoms with Gasteiger partial charge in [-0.1, -0.05) is 0 Å². The van der Waals surface area contributed by atoms with E-state index in [4.69, 9.17) is 11.1 Å². The van der Waals surface area contributed by atoms with Crippen molar-refractivity contribution in [2.24, 2.45) is 17.8 Å². The Balaban J connectivity index is -0.000000355. The van der Waals surface area contributed by atoms with Crippen molar-refractivity contribution < 1.29 is 13.9 Å². The molecule has 0 radical (unpaired) electrons. The smallest absolute Gasteiger partial charge is 0.246 e. The predicted molar refractivity (Wildman–Crippen MR) is 91.3 cm³/mol. The van der Waals surface area contributed by atoms with Gasteiger partial charge in [0.25, 0.3) is 0 Å². The molecule has 10 nitrogen and oxygen atoms in total. The molecular formula is C12H26N8O2. The van der Waals surface area contributed by atoms with Crippen LogP contribution in [0.1, 0.15) is 4.28 Å². The zero-order valence-corrected chi connectivity index (χ0v) is 12.4. The van der Waals surface area contributed by atoms with Gasteiger partial charge in [-0.3, -0.25) is 19.6 Å². The van der Waals surface area contributed by atoms with E-state index in [2.05, 4.69) is 28.6 Å². The van der Waals surface area contributed by atoms with Gasteiger partial charge in [0.05, 0.1) is 19.3 Å². The van der Waals surface area contributed by atoms with Crippen LogP contribution in [0.2, 0.25) is 0 Å². The van der Waals surface area contributed by atoms with Crippen molar-refractivity contribution in [3.05, 3.63) is 19.2 Å². The van der Waals surface area contributed by atoms with Crippen LogP contribution >= 0.6 is 0 Å². The SMILES string of the molecule is C=C.Cn1nc(N=C(N)C=N)cc1N1CC(=O)NC(=O)C1.N.[HH].[HH].[HH]. The first-order chi connectivity index (χ1) is 9.99. The third-order valence-electron chi connectivity index (χ3n) is 2.51. The minimum Gasteiger partial charge on any atom is -0.382 e. The zero-order valence-electron chi connectivity index (χ0n) is 12.4. The van der Waals surface area contributed by atoms with E-state index >= 15 is 0 Å². The summed E-state index contributed by atoms with van der Waals surface area (Å²) in [6.45, 7) is 6.16. The fourth-order valence-electron chi connectivity index (χ4n) is 1.76. The molecule has 1 aliphatic rings. The molecule has 2 rings (SSSR count). The summed E-state index contributed by atoms with van der Waals surface area (Å²) in [5.41, 5.74) is 5.41. The number of piperazine rings is 1. The topological polar surface area (TPSA) is 164 Å². The lowest BCUT2D eigenvalue weighted by Gasteiger charge is -2.26. The van der Waals surface area contributed by atoms with E-state index in [0.29, 0.717) is 11.6 Å². The summed E-state index contributed by atoms with van der Waals surface area (Å²) in [5.74, 6) is 0.205. The number of imide groups is 1. The molecule has 1 aromatic rings.